The van der Waals surface area contributed by atoms with Crippen LogP contribution in [-0.4, -0.2) is 12.1 Å². The van der Waals surface area contributed by atoms with Gasteiger partial charge in [-0.05, 0) is 55.8 Å². The number of fused-ring (bicyclic) bond motifs is 1. The second-order valence-electron chi connectivity index (χ2n) is 4.26. The maximum Gasteiger partial charge on any atom is 0.300 e. The summed E-state index contributed by atoms with van der Waals surface area (Å²) < 4.78 is 8.94. The van der Waals surface area contributed by atoms with Crippen molar-refractivity contribution in [2.24, 2.45) is 4.99 Å². The number of nitrogens with one attached hydrogen (secondary N) is 1. The summed E-state index contributed by atoms with van der Waals surface area (Å²) >= 11 is 7.43. The van der Waals surface area contributed by atoms with Crippen molar-refractivity contribution in [1.29, 1.82) is 0 Å². The zero-order chi connectivity index (χ0) is 11.7. The van der Waals surface area contributed by atoms with Gasteiger partial charge >= 0.3 is 6.02 Å². The first-order valence-corrected chi connectivity index (χ1v) is 6.98. The number of hydrogen-bond acceptors (Lipinski definition) is 4. The lowest BCUT2D eigenvalue weighted by atomic mass is 10.3. The van der Waals surface area contributed by atoms with Crippen molar-refractivity contribution < 1.29 is 4.74 Å². The van der Waals surface area contributed by atoms with Crippen molar-refractivity contribution in [3.05, 3.63) is 23.2 Å². The Hall–Kier alpha value is -0.870. The zero-order valence-electron chi connectivity index (χ0n) is 9.28. The molecule has 1 fully saturated rings. The standard InChI is InChI=1S/C12H13ClN2OS/c13-8-5-6-10-11(7-8)17-15-12(14-10)16-9-3-1-2-4-9/h5-7,9H,1-4H2,(H,14,15). The molecule has 0 spiro atoms. The molecule has 2 aliphatic rings. The van der Waals surface area contributed by atoms with Crippen LogP contribution < -0.4 is 4.72 Å². The van der Waals surface area contributed by atoms with E-state index in [2.05, 4.69) is 9.71 Å². The third-order valence-corrected chi connectivity index (χ3v) is 4.03. The Morgan fingerprint density at radius 1 is 1.35 bits per heavy atom. The Labute approximate surface area is 110 Å². The molecule has 90 valence electrons. The molecule has 1 N–H and O–H groups in total. The number of rotatable bonds is 1. The summed E-state index contributed by atoms with van der Waals surface area (Å²) in [5.41, 5.74) is 0.922. The molecular formula is C12H13ClN2OS. The number of amidine groups is 1. The summed E-state index contributed by atoms with van der Waals surface area (Å²) in [5, 5.41) is 0.730. The van der Waals surface area contributed by atoms with Gasteiger partial charge in [0.2, 0.25) is 0 Å². The predicted octanol–water partition coefficient (Wildman–Crippen LogP) is 3.90. The van der Waals surface area contributed by atoms with E-state index >= 15 is 0 Å². The molecule has 0 atom stereocenters. The van der Waals surface area contributed by atoms with E-state index in [1.54, 1.807) is 0 Å². The summed E-state index contributed by atoms with van der Waals surface area (Å²) in [6.45, 7) is 0. The van der Waals surface area contributed by atoms with Crippen LogP contribution in [0.15, 0.2) is 28.1 Å². The summed E-state index contributed by atoms with van der Waals surface area (Å²) in [4.78, 5) is 5.49. The van der Waals surface area contributed by atoms with Crippen LogP contribution in [0.5, 0.6) is 0 Å². The fourth-order valence-electron chi connectivity index (χ4n) is 2.11. The molecule has 0 bridgehead atoms. The van der Waals surface area contributed by atoms with Gasteiger partial charge in [-0.3, -0.25) is 4.72 Å². The summed E-state index contributed by atoms with van der Waals surface area (Å²) in [5.74, 6) is 0. The number of ether oxygens (including phenoxy) is 1. The highest BCUT2D eigenvalue weighted by Crippen LogP contribution is 2.34. The molecule has 1 saturated carbocycles. The van der Waals surface area contributed by atoms with E-state index in [-0.39, 0.29) is 0 Å². The minimum atomic E-state index is 0.329. The molecule has 0 saturated heterocycles. The summed E-state index contributed by atoms with van der Waals surface area (Å²) in [6.07, 6.45) is 5.13. The average molecular weight is 269 g/mol. The Morgan fingerprint density at radius 2 is 2.18 bits per heavy atom. The lowest BCUT2D eigenvalue weighted by Gasteiger charge is -2.19. The van der Waals surface area contributed by atoms with Crippen LogP contribution in [0.1, 0.15) is 25.7 Å². The number of hydrogen-bond donors (Lipinski definition) is 1. The van der Waals surface area contributed by atoms with Crippen molar-refractivity contribution in [1.82, 2.24) is 4.72 Å². The second-order valence-corrected chi connectivity index (χ2v) is 5.54. The molecule has 3 nitrogen and oxygen atoms in total. The van der Waals surface area contributed by atoms with E-state index < -0.39 is 0 Å². The fourth-order valence-corrected chi connectivity index (χ4v) is 3.04. The van der Waals surface area contributed by atoms with Gasteiger partial charge in [-0.25, -0.2) is 0 Å². The van der Waals surface area contributed by atoms with Gasteiger partial charge < -0.3 is 4.74 Å². The minimum absolute atomic E-state index is 0.329. The van der Waals surface area contributed by atoms with E-state index in [4.69, 9.17) is 16.3 Å². The smallest absolute Gasteiger partial charge is 0.300 e. The topological polar surface area (TPSA) is 33.6 Å². The highest BCUT2D eigenvalue weighted by molar-refractivity contribution is 7.98. The third-order valence-electron chi connectivity index (χ3n) is 2.97. The van der Waals surface area contributed by atoms with Crippen molar-refractivity contribution >= 4 is 35.3 Å². The van der Waals surface area contributed by atoms with Crippen LogP contribution in [0.25, 0.3) is 0 Å². The van der Waals surface area contributed by atoms with Gasteiger partial charge in [0.25, 0.3) is 0 Å². The number of nitrogens with zero attached hydrogens (tertiary/aromatic N) is 1. The lowest BCUT2D eigenvalue weighted by molar-refractivity contribution is 0.190. The fraction of sp³-hybridized carbons (Fsp3) is 0.417. The van der Waals surface area contributed by atoms with Gasteiger partial charge in [-0.2, -0.15) is 4.99 Å². The Kier molecular flexibility index (Phi) is 3.16. The molecule has 17 heavy (non-hydrogen) atoms. The molecule has 1 aromatic carbocycles. The van der Waals surface area contributed by atoms with E-state index in [1.165, 1.54) is 24.8 Å². The summed E-state index contributed by atoms with van der Waals surface area (Å²) in [7, 11) is 0. The second kappa shape index (κ2) is 4.78. The normalized spacial score (nSPS) is 19.5. The highest BCUT2D eigenvalue weighted by Gasteiger charge is 2.20. The van der Waals surface area contributed by atoms with Crippen LogP contribution in [-0.2, 0) is 4.74 Å². The first-order chi connectivity index (χ1) is 8.31. The largest absolute Gasteiger partial charge is 0.461 e. The molecular weight excluding hydrogens is 256 g/mol. The van der Waals surface area contributed by atoms with Crippen molar-refractivity contribution in [3.8, 4) is 0 Å². The highest BCUT2D eigenvalue weighted by atomic mass is 35.5. The summed E-state index contributed by atoms with van der Waals surface area (Å²) in [6, 6.07) is 6.30. The van der Waals surface area contributed by atoms with Crippen molar-refractivity contribution in [2.75, 3.05) is 0 Å². The Balaban J connectivity index is 1.77. The number of aliphatic imine (C=N–C) groups is 1. The Morgan fingerprint density at radius 3 is 3.00 bits per heavy atom. The van der Waals surface area contributed by atoms with Crippen LogP contribution in [0.3, 0.4) is 0 Å². The minimum Gasteiger partial charge on any atom is -0.461 e. The maximum absolute atomic E-state index is 5.93. The molecule has 1 aliphatic heterocycles. The molecule has 0 amide bonds. The SMILES string of the molecule is Clc1ccc2c(c1)SNC(OC1CCCC1)=N2. The van der Waals surface area contributed by atoms with Gasteiger partial charge in [0, 0.05) is 5.02 Å². The van der Waals surface area contributed by atoms with Gasteiger partial charge in [0.1, 0.15) is 6.10 Å². The maximum atomic E-state index is 5.93. The number of halogens is 1. The van der Waals surface area contributed by atoms with Crippen molar-refractivity contribution in [2.45, 2.75) is 36.7 Å². The zero-order valence-corrected chi connectivity index (χ0v) is 10.9. The van der Waals surface area contributed by atoms with Crippen LogP contribution in [0, 0.1) is 0 Å². The van der Waals surface area contributed by atoms with E-state index in [0.29, 0.717) is 12.1 Å². The molecule has 0 radical (unpaired) electrons. The van der Waals surface area contributed by atoms with Gasteiger partial charge in [0.05, 0.1) is 10.6 Å². The van der Waals surface area contributed by atoms with Crippen LogP contribution >= 0.6 is 23.5 Å². The molecule has 1 aliphatic carbocycles. The third kappa shape index (κ3) is 2.53. The lowest BCUT2D eigenvalue weighted by Crippen LogP contribution is -2.26. The number of benzene rings is 1. The van der Waals surface area contributed by atoms with Gasteiger partial charge in [-0.15, -0.1) is 0 Å². The van der Waals surface area contributed by atoms with Gasteiger partial charge in [-0.1, -0.05) is 11.6 Å². The first-order valence-electron chi connectivity index (χ1n) is 5.79. The molecule has 1 heterocycles. The molecule has 5 heteroatoms. The van der Waals surface area contributed by atoms with E-state index in [9.17, 15) is 0 Å². The van der Waals surface area contributed by atoms with Gasteiger partial charge in [0.15, 0.2) is 0 Å². The van der Waals surface area contributed by atoms with Crippen LogP contribution in [0.4, 0.5) is 5.69 Å². The van der Waals surface area contributed by atoms with Crippen LogP contribution in [0.2, 0.25) is 5.02 Å². The molecule has 0 unspecified atom stereocenters. The molecule has 1 aromatic rings. The quantitative estimate of drug-likeness (QED) is 0.785. The van der Waals surface area contributed by atoms with E-state index in [1.807, 2.05) is 18.2 Å². The Bertz CT molecular complexity index is 458. The average Bonchev–Trinajstić information content (AvgIpc) is 2.82. The first kappa shape index (κ1) is 11.2. The molecule has 0 aromatic heterocycles. The van der Waals surface area contributed by atoms with Crippen molar-refractivity contribution in [3.63, 3.8) is 0 Å². The predicted molar refractivity (Wildman–Crippen MR) is 70.9 cm³/mol. The van der Waals surface area contributed by atoms with E-state index in [0.717, 1.165) is 28.4 Å². The monoisotopic (exact) mass is 268 g/mol. The molecule has 3 rings (SSSR count).